The molecular formula is C32H61O9PS. The van der Waals surface area contributed by atoms with Gasteiger partial charge in [0.05, 0.1) is 6.61 Å². The summed E-state index contributed by atoms with van der Waals surface area (Å²) in [6.45, 7) is 2.98. The maximum atomic E-state index is 12.2. The first-order valence-electron chi connectivity index (χ1n) is 16.8. The Bertz CT molecular complexity index is 744. The Morgan fingerprint density at radius 2 is 1.05 bits per heavy atom. The number of esters is 2. The number of hydrogen-bond donors (Lipinski definition) is 2. The molecule has 0 saturated carbocycles. The van der Waals surface area contributed by atoms with Crippen molar-refractivity contribution in [2.24, 2.45) is 0 Å². The van der Waals surface area contributed by atoms with Gasteiger partial charge in [-0.25, -0.2) is 4.57 Å². The molecular weight excluding hydrogens is 591 g/mol. The molecule has 0 aromatic carbocycles. The fourth-order valence-corrected chi connectivity index (χ4v) is 5.73. The first-order valence-corrected chi connectivity index (χ1v) is 19.3. The van der Waals surface area contributed by atoms with Crippen LogP contribution < -0.4 is 0 Å². The average Bonchev–Trinajstić information content (AvgIpc) is 2.95. The summed E-state index contributed by atoms with van der Waals surface area (Å²) in [5.41, 5.74) is 0. The molecule has 0 aliphatic rings. The van der Waals surface area contributed by atoms with Gasteiger partial charge in [-0.05, 0) is 19.3 Å². The number of phosphoric acid groups is 1. The first kappa shape index (κ1) is 42.1. The molecule has 2 N–H and O–H groups in total. The van der Waals surface area contributed by atoms with E-state index in [1.54, 1.807) is 6.92 Å². The van der Waals surface area contributed by atoms with Gasteiger partial charge >= 0.3 is 19.8 Å². The zero-order valence-electron chi connectivity index (χ0n) is 27.1. The highest BCUT2D eigenvalue weighted by Gasteiger charge is 2.22. The Morgan fingerprint density at radius 3 is 1.49 bits per heavy atom. The summed E-state index contributed by atoms with van der Waals surface area (Å²) in [5.74, 6) is 0.0427. The number of rotatable bonds is 31. The van der Waals surface area contributed by atoms with Crippen LogP contribution in [0.2, 0.25) is 0 Å². The average molecular weight is 653 g/mol. The fourth-order valence-electron chi connectivity index (χ4n) is 4.73. The van der Waals surface area contributed by atoms with Gasteiger partial charge in [0, 0.05) is 25.5 Å². The number of thioether (sulfide) groups is 1. The molecule has 0 aliphatic heterocycles. The summed E-state index contributed by atoms with van der Waals surface area (Å²) in [5, 5.41) is 0.211. The molecule has 0 aromatic heterocycles. The number of carbonyl (C=O) groups excluding carboxylic acids is 3. The van der Waals surface area contributed by atoms with Crippen LogP contribution in [0.5, 0.6) is 0 Å². The van der Waals surface area contributed by atoms with Crippen molar-refractivity contribution in [1.29, 1.82) is 0 Å². The molecule has 9 nitrogen and oxygen atoms in total. The lowest BCUT2D eigenvalue weighted by atomic mass is 10.0. The molecule has 0 aliphatic carbocycles. The van der Waals surface area contributed by atoms with Crippen molar-refractivity contribution in [3.8, 4) is 0 Å². The molecule has 1 atom stereocenters. The van der Waals surface area contributed by atoms with E-state index in [1.165, 1.54) is 88.8 Å². The zero-order valence-corrected chi connectivity index (χ0v) is 28.8. The molecule has 0 fully saturated rings. The van der Waals surface area contributed by atoms with Crippen LogP contribution in [0, 0.1) is 0 Å². The van der Waals surface area contributed by atoms with Gasteiger partial charge in [0.15, 0.2) is 11.2 Å². The highest BCUT2D eigenvalue weighted by molar-refractivity contribution is 8.13. The van der Waals surface area contributed by atoms with Crippen molar-refractivity contribution < 1.29 is 42.7 Å². The number of phosphoric ester groups is 1. The Hall–Kier alpha value is -0.930. The van der Waals surface area contributed by atoms with Crippen LogP contribution in [0.15, 0.2) is 0 Å². The minimum Gasteiger partial charge on any atom is -0.462 e. The van der Waals surface area contributed by atoms with Crippen molar-refractivity contribution in [2.45, 2.75) is 168 Å². The molecule has 0 spiro atoms. The monoisotopic (exact) mass is 652 g/mol. The third-order valence-electron chi connectivity index (χ3n) is 7.22. The number of unbranched alkanes of at least 4 members (excludes halogenated alkanes) is 19. The highest BCUT2D eigenvalue weighted by Crippen LogP contribution is 2.36. The molecule has 0 unspecified atom stereocenters. The van der Waals surface area contributed by atoms with Gasteiger partial charge < -0.3 is 19.3 Å². The predicted molar refractivity (Wildman–Crippen MR) is 174 cm³/mol. The topological polar surface area (TPSA) is 136 Å². The molecule has 0 heterocycles. The molecule has 254 valence electrons. The Kier molecular flexibility index (Phi) is 29.1. The summed E-state index contributed by atoms with van der Waals surface area (Å²) in [7, 11) is -4.74. The van der Waals surface area contributed by atoms with Crippen LogP contribution >= 0.6 is 19.6 Å². The minimum absolute atomic E-state index is 0.207. The van der Waals surface area contributed by atoms with Crippen LogP contribution in [-0.2, 0) is 32.9 Å². The van der Waals surface area contributed by atoms with Gasteiger partial charge in [-0.2, -0.15) is 0 Å². The SMILES string of the molecule is CCCCCCCCCCC(=O)O[C@H](COC(=O)CCCCCCCCCCCCCCCSC(C)=O)COP(=O)(O)O. The second-order valence-electron chi connectivity index (χ2n) is 11.5. The van der Waals surface area contributed by atoms with E-state index < -0.39 is 32.5 Å². The number of carbonyl (C=O) groups is 3. The van der Waals surface area contributed by atoms with E-state index >= 15 is 0 Å². The van der Waals surface area contributed by atoms with Crippen molar-refractivity contribution in [3.05, 3.63) is 0 Å². The lowest BCUT2D eigenvalue weighted by Crippen LogP contribution is -2.29. The van der Waals surface area contributed by atoms with Crippen molar-refractivity contribution in [1.82, 2.24) is 0 Å². The number of ether oxygens (including phenoxy) is 2. The molecule has 43 heavy (non-hydrogen) atoms. The number of hydrogen-bond acceptors (Lipinski definition) is 8. The first-order chi connectivity index (χ1) is 20.6. The summed E-state index contributed by atoms with van der Waals surface area (Å²) in [4.78, 5) is 53.3. The van der Waals surface area contributed by atoms with E-state index in [0.717, 1.165) is 50.7 Å². The van der Waals surface area contributed by atoms with Crippen molar-refractivity contribution >= 4 is 36.6 Å². The van der Waals surface area contributed by atoms with Crippen LogP contribution in [0.25, 0.3) is 0 Å². The van der Waals surface area contributed by atoms with Gasteiger partial charge in [-0.3, -0.25) is 18.9 Å². The molecule has 0 saturated heterocycles. The lowest BCUT2D eigenvalue weighted by molar-refractivity contribution is -0.161. The van der Waals surface area contributed by atoms with E-state index in [4.69, 9.17) is 19.3 Å². The molecule has 0 bridgehead atoms. The molecule has 0 aromatic rings. The van der Waals surface area contributed by atoms with Gasteiger partial charge in [0.1, 0.15) is 6.61 Å². The Morgan fingerprint density at radius 1 is 0.628 bits per heavy atom. The fraction of sp³-hybridized carbons (Fsp3) is 0.906. The van der Waals surface area contributed by atoms with Crippen LogP contribution in [0.3, 0.4) is 0 Å². The van der Waals surface area contributed by atoms with Crippen LogP contribution in [-0.4, -0.2) is 51.9 Å². The Balaban J connectivity index is 3.88. The molecule has 11 heteroatoms. The van der Waals surface area contributed by atoms with E-state index in [2.05, 4.69) is 11.4 Å². The van der Waals surface area contributed by atoms with E-state index in [-0.39, 0.29) is 24.6 Å². The molecule has 0 amide bonds. The molecule has 0 rings (SSSR count). The van der Waals surface area contributed by atoms with Gasteiger partial charge in [-0.15, -0.1) is 0 Å². The summed E-state index contributed by atoms with van der Waals surface area (Å²) in [6, 6.07) is 0. The minimum atomic E-state index is -4.74. The maximum absolute atomic E-state index is 12.2. The predicted octanol–water partition coefficient (Wildman–Crippen LogP) is 8.82. The zero-order chi connectivity index (χ0) is 32.0. The van der Waals surface area contributed by atoms with Crippen LogP contribution in [0.4, 0.5) is 0 Å². The van der Waals surface area contributed by atoms with Gasteiger partial charge in [0.25, 0.3) is 0 Å². The van der Waals surface area contributed by atoms with Gasteiger partial charge in [-0.1, -0.05) is 134 Å². The third-order valence-corrected chi connectivity index (χ3v) is 8.61. The second-order valence-corrected chi connectivity index (χ2v) is 14.0. The van der Waals surface area contributed by atoms with Crippen molar-refractivity contribution in [3.63, 3.8) is 0 Å². The Labute approximate surface area is 265 Å². The molecule has 0 radical (unpaired) electrons. The standard InChI is InChI=1S/C32H61O9PS/c1-3-4-5-6-7-15-19-22-25-32(35)41-30(28-40-42(36,37)38)27-39-31(34)24-21-18-16-13-11-9-8-10-12-14-17-20-23-26-43-29(2)33/h30H,3-28H2,1-2H3,(H2,36,37,38)/t30-/m1/s1. The highest BCUT2D eigenvalue weighted by atomic mass is 32.2. The van der Waals surface area contributed by atoms with E-state index in [9.17, 15) is 18.9 Å². The maximum Gasteiger partial charge on any atom is 0.469 e. The largest absolute Gasteiger partial charge is 0.469 e. The van der Waals surface area contributed by atoms with Crippen LogP contribution in [0.1, 0.15) is 162 Å². The third kappa shape index (κ3) is 33.8. The quantitative estimate of drug-likeness (QED) is 0.0424. The summed E-state index contributed by atoms with van der Waals surface area (Å²) < 4.78 is 26.1. The van der Waals surface area contributed by atoms with Crippen molar-refractivity contribution in [2.75, 3.05) is 19.0 Å². The normalized spacial score (nSPS) is 12.3. The lowest BCUT2D eigenvalue weighted by Gasteiger charge is -2.18. The van der Waals surface area contributed by atoms with E-state index in [0.29, 0.717) is 12.8 Å². The summed E-state index contributed by atoms with van der Waals surface area (Å²) >= 11 is 1.43. The second kappa shape index (κ2) is 29.8. The summed E-state index contributed by atoms with van der Waals surface area (Å²) in [6.07, 6.45) is 23.2. The van der Waals surface area contributed by atoms with Gasteiger partial charge in [0.2, 0.25) is 0 Å². The van der Waals surface area contributed by atoms with E-state index in [1.807, 2.05) is 0 Å². The smallest absolute Gasteiger partial charge is 0.462 e.